The van der Waals surface area contributed by atoms with Gasteiger partial charge in [0.05, 0.1) is 6.42 Å². The van der Waals surface area contributed by atoms with E-state index in [9.17, 15) is 18.0 Å². The Morgan fingerprint density at radius 1 is 1.50 bits per heavy atom. The van der Waals surface area contributed by atoms with Crippen molar-refractivity contribution >= 4 is 5.97 Å². The summed E-state index contributed by atoms with van der Waals surface area (Å²) >= 11 is 0. The second-order valence-corrected chi connectivity index (χ2v) is 3.52. The predicted octanol–water partition coefficient (Wildman–Crippen LogP) is 2.34. The average Bonchev–Trinajstić information content (AvgIpc) is 2.08. The Labute approximate surface area is 92.3 Å². The van der Waals surface area contributed by atoms with E-state index in [4.69, 9.17) is 5.11 Å². The summed E-state index contributed by atoms with van der Waals surface area (Å²) in [4.78, 5) is 10.6. The Balaban J connectivity index is 4.01. The summed E-state index contributed by atoms with van der Waals surface area (Å²) in [6.45, 7) is 3.22. The number of carboxylic acids is 1. The van der Waals surface area contributed by atoms with Gasteiger partial charge in [-0.1, -0.05) is 13.0 Å². The Morgan fingerprint density at radius 3 is 2.44 bits per heavy atom. The lowest BCUT2D eigenvalue weighted by molar-refractivity contribution is -0.139. The number of carboxylic acid groups (broad SMARTS) is 1. The fourth-order valence-corrected chi connectivity index (χ4v) is 1.19. The Kier molecular flexibility index (Phi) is 6.10. The molecule has 0 amide bonds. The van der Waals surface area contributed by atoms with Crippen molar-refractivity contribution in [1.29, 1.82) is 0 Å². The summed E-state index contributed by atoms with van der Waals surface area (Å²) in [7, 11) is 0. The van der Waals surface area contributed by atoms with Crippen molar-refractivity contribution in [3.05, 3.63) is 11.6 Å². The van der Waals surface area contributed by atoms with Crippen LogP contribution in [0.1, 0.15) is 26.7 Å². The van der Waals surface area contributed by atoms with Gasteiger partial charge in [-0.15, -0.1) is 0 Å². The van der Waals surface area contributed by atoms with E-state index in [1.165, 1.54) is 13.0 Å². The van der Waals surface area contributed by atoms with Crippen LogP contribution in [0.25, 0.3) is 0 Å². The third-order valence-corrected chi connectivity index (χ3v) is 2.01. The predicted molar refractivity (Wildman–Crippen MR) is 54.1 cm³/mol. The summed E-state index contributed by atoms with van der Waals surface area (Å²) in [6.07, 6.45) is -3.37. The second-order valence-electron chi connectivity index (χ2n) is 3.52. The summed E-state index contributed by atoms with van der Waals surface area (Å²) < 4.78 is 35.8. The molecule has 6 heteroatoms. The molecule has 0 aromatic heterocycles. The maximum atomic E-state index is 11.9. The van der Waals surface area contributed by atoms with Gasteiger partial charge >= 0.3 is 12.1 Å². The van der Waals surface area contributed by atoms with E-state index in [-0.39, 0.29) is 12.1 Å². The van der Waals surface area contributed by atoms with Gasteiger partial charge in [0.2, 0.25) is 0 Å². The normalized spacial score (nSPS) is 14.9. The van der Waals surface area contributed by atoms with Gasteiger partial charge in [-0.3, -0.25) is 0 Å². The maximum Gasteiger partial charge on any atom is 0.390 e. The molecule has 2 N–H and O–H groups in total. The Hall–Kier alpha value is -1.04. The fraction of sp³-hybridized carbons (Fsp3) is 0.700. The molecule has 0 aromatic carbocycles. The highest BCUT2D eigenvalue weighted by atomic mass is 19.4. The lowest BCUT2D eigenvalue weighted by atomic mass is 10.2. The van der Waals surface area contributed by atoms with E-state index in [2.05, 4.69) is 5.32 Å². The molecule has 0 fully saturated rings. The maximum absolute atomic E-state index is 11.9. The van der Waals surface area contributed by atoms with Crippen LogP contribution in [-0.2, 0) is 4.79 Å². The summed E-state index contributed by atoms with van der Waals surface area (Å²) in [5.74, 6) is -1.03. The molecule has 0 heterocycles. The number of nitrogens with one attached hydrogen (secondary N) is 1. The van der Waals surface area contributed by atoms with Crippen molar-refractivity contribution in [2.75, 3.05) is 6.54 Å². The van der Waals surface area contributed by atoms with Crippen molar-refractivity contribution < 1.29 is 23.1 Å². The molecule has 3 nitrogen and oxygen atoms in total. The van der Waals surface area contributed by atoms with Crippen molar-refractivity contribution in [3.63, 3.8) is 0 Å². The summed E-state index contributed by atoms with van der Waals surface area (Å²) in [6, 6.07) is -0.719. The third kappa shape index (κ3) is 7.28. The molecule has 0 aromatic rings. The molecule has 0 spiro atoms. The van der Waals surface area contributed by atoms with Crippen LogP contribution < -0.4 is 5.32 Å². The van der Waals surface area contributed by atoms with Crippen molar-refractivity contribution in [3.8, 4) is 0 Å². The average molecular weight is 239 g/mol. The first kappa shape index (κ1) is 15.0. The zero-order valence-electron chi connectivity index (χ0n) is 9.27. The van der Waals surface area contributed by atoms with Gasteiger partial charge in [0, 0.05) is 18.2 Å². The van der Waals surface area contributed by atoms with Crippen molar-refractivity contribution in [2.45, 2.75) is 38.9 Å². The smallest absolute Gasteiger partial charge is 0.390 e. The van der Waals surface area contributed by atoms with Gasteiger partial charge in [-0.05, 0) is 13.3 Å². The number of hydrogen-bond acceptors (Lipinski definition) is 2. The fourth-order valence-electron chi connectivity index (χ4n) is 1.19. The van der Waals surface area contributed by atoms with Gasteiger partial charge in [0.15, 0.2) is 0 Å². The molecule has 0 aliphatic rings. The Bertz CT molecular complexity index is 261. The van der Waals surface area contributed by atoms with Crippen LogP contribution in [0.2, 0.25) is 0 Å². The number of hydrogen-bond donors (Lipinski definition) is 2. The molecule has 16 heavy (non-hydrogen) atoms. The minimum absolute atomic E-state index is 0.132. The molecule has 0 aliphatic carbocycles. The van der Waals surface area contributed by atoms with Gasteiger partial charge in [0.1, 0.15) is 0 Å². The van der Waals surface area contributed by atoms with Crippen LogP contribution in [0.3, 0.4) is 0 Å². The minimum Gasteiger partial charge on any atom is -0.478 e. The van der Waals surface area contributed by atoms with Crippen LogP contribution in [0, 0.1) is 0 Å². The molecule has 1 atom stereocenters. The van der Waals surface area contributed by atoms with Crippen molar-refractivity contribution in [2.24, 2.45) is 0 Å². The second kappa shape index (κ2) is 6.52. The topological polar surface area (TPSA) is 49.3 Å². The van der Waals surface area contributed by atoms with E-state index in [0.717, 1.165) is 0 Å². The highest BCUT2D eigenvalue weighted by molar-refractivity contribution is 5.86. The van der Waals surface area contributed by atoms with Crippen LogP contribution in [0.15, 0.2) is 11.6 Å². The molecule has 94 valence electrons. The van der Waals surface area contributed by atoms with Gasteiger partial charge in [-0.25, -0.2) is 4.79 Å². The SMILES string of the molecule is CCC(=CCNC(C)CC(F)(F)F)C(=O)O. The first-order chi connectivity index (χ1) is 7.26. The number of rotatable bonds is 6. The lowest BCUT2D eigenvalue weighted by Gasteiger charge is -2.14. The molecule has 0 saturated heterocycles. The molecular formula is C10H16F3NO2. The molecule has 0 saturated carbocycles. The minimum atomic E-state index is -4.20. The molecule has 1 unspecified atom stereocenters. The lowest BCUT2D eigenvalue weighted by Crippen LogP contribution is -2.31. The number of halogens is 3. The molecule has 0 radical (unpaired) electrons. The monoisotopic (exact) mass is 239 g/mol. The summed E-state index contributed by atoms with van der Waals surface area (Å²) in [5, 5.41) is 11.2. The zero-order valence-corrected chi connectivity index (χ0v) is 9.27. The first-order valence-corrected chi connectivity index (χ1v) is 4.98. The van der Waals surface area contributed by atoms with Gasteiger partial charge in [-0.2, -0.15) is 13.2 Å². The van der Waals surface area contributed by atoms with E-state index in [0.29, 0.717) is 6.42 Å². The highest BCUT2D eigenvalue weighted by Crippen LogP contribution is 2.21. The van der Waals surface area contributed by atoms with Gasteiger partial charge < -0.3 is 10.4 Å². The van der Waals surface area contributed by atoms with Crippen molar-refractivity contribution in [1.82, 2.24) is 5.32 Å². The first-order valence-electron chi connectivity index (χ1n) is 4.98. The number of carbonyl (C=O) groups is 1. The standard InChI is InChI=1S/C10H16F3NO2/c1-3-8(9(15)16)4-5-14-7(2)6-10(11,12)13/h4,7,14H,3,5-6H2,1-2H3,(H,15,16). The number of aliphatic carboxylic acids is 1. The molecule has 0 bridgehead atoms. The van der Waals surface area contributed by atoms with E-state index < -0.39 is 24.6 Å². The third-order valence-electron chi connectivity index (χ3n) is 2.01. The summed E-state index contributed by atoms with van der Waals surface area (Å²) in [5.41, 5.74) is 0.201. The van der Waals surface area contributed by atoms with E-state index >= 15 is 0 Å². The van der Waals surface area contributed by atoms with Crippen LogP contribution >= 0.6 is 0 Å². The molecule has 0 aliphatic heterocycles. The number of alkyl halides is 3. The van der Waals surface area contributed by atoms with Crippen LogP contribution in [-0.4, -0.2) is 29.8 Å². The molecule has 0 rings (SSSR count). The molecular weight excluding hydrogens is 223 g/mol. The van der Waals surface area contributed by atoms with E-state index in [1.54, 1.807) is 6.92 Å². The Morgan fingerprint density at radius 2 is 2.06 bits per heavy atom. The quantitative estimate of drug-likeness (QED) is 0.699. The van der Waals surface area contributed by atoms with Gasteiger partial charge in [0.25, 0.3) is 0 Å². The van der Waals surface area contributed by atoms with E-state index in [1.807, 2.05) is 0 Å². The van der Waals surface area contributed by atoms with Crippen LogP contribution in [0.5, 0.6) is 0 Å². The highest BCUT2D eigenvalue weighted by Gasteiger charge is 2.29. The van der Waals surface area contributed by atoms with Crippen LogP contribution in [0.4, 0.5) is 13.2 Å². The zero-order chi connectivity index (χ0) is 12.8. The largest absolute Gasteiger partial charge is 0.478 e.